The molecule has 4 nitrogen and oxygen atoms in total. The largest absolute Gasteiger partial charge is 0.358 e. The molecule has 1 aliphatic heterocycles. The molecule has 0 radical (unpaired) electrons. The van der Waals surface area contributed by atoms with Crippen LogP contribution in [0.4, 0.5) is 4.79 Å². The minimum absolute atomic E-state index is 0.00551. The number of hydrogen-bond acceptors (Lipinski definition) is 2. The minimum Gasteiger partial charge on any atom is -0.358 e. The highest BCUT2D eigenvalue weighted by Crippen LogP contribution is 2.09. The van der Waals surface area contributed by atoms with E-state index in [9.17, 15) is 4.79 Å². The second-order valence-corrected chi connectivity index (χ2v) is 3.25. The Hall–Kier alpha value is -0.770. The first kappa shape index (κ1) is 10.3. The van der Waals surface area contributed by atoms with Crippen LogP contribution >= 0.6 is 0 Å². The highest BCUT2D eigenvalue weighted by atomic mass is 16.5. The Morgan fingerprint density at radius 1 is 1.69 bits per heavy atom. The van der Waals surface area contributed by atoms with Crippen LogP contribution in [0.5, 0.6) is 0 Å². The first-order valence-electron chi connectivity index (χ1n) is 4.91. The first-order valence-corrected chi connectivity index (χ1v) is 4.91. The number of hydrogen-bond donors (Lipinski definition) is 1. The van der Waals surface area contributed by atoms with Gasteiger partial charge in [-0.25, -0.2) is 4.79 Å². The van der Waals surface area contributed by atoms with E-state index in [2.05, 4.69) is 5.32 Å². The second-order valence-electron chi connectivity index (χ2n) is 3.25. The Balaban J connectivity index is 2.35. The average Bonchev–Trinajstić information content (AvgIpc) is 2.15. The van der Waals surface area contributed by atoms with Gasteiger partial charge in [-0.2, -0.15) is 0 Å². The van der Waals surface area contributed by atoms with Gasteiger partial charge in [-0.1, -0.05) is 6.92 Å². The molecule has 76 valence electrons. The Morgan fingerprint density at radius 2 is 2.46 bits per heavy atom. The number of nitrogens with zero attached hydrogens (tertiary/aromatic N) is 1. The lowest BCUT2D eigenvalue weighted by molar-refractivity contribution is -0.0598. The van der Waals surface area contributed by atoms with Crippen molar-refractivity contribution in [2.45, 2.75) is 32.9 Å². The molecular weight excluding hydrogens is 168 g/mol. The summed E-state index contributed by atoms with van der Waals surface area (Å²) < 4.78 is 5.36. The third-order valence-corrected chi connectivity index (χ3v) is 2.13. The van der Waals surface area contributed by atoms with Crippen LogP contribution in [0.15, 0.2) is 0 Å². The fraction of sp³-hybridized carbons (Fsp3) is 0.889. The zero-order valence-corrected chi connectivity index (χ0v) is 8.38. The second kappa shape index (κ2) is 5.07. The predicted molar refractivity (Wildman–Crippen MR) is 50.4 cm³/mol. The Kier molecular flexibility index (Phi) is 4.02. The number of carbonyl (C=O) groups excluding carboxylic acids is 1. The van der Waals surface area contributed by atoms with Crippen molar-refractivity contribution in [3.05, 3.63) is 0 Å². The fourth-order valence-electron chi connectivity index (χ4n) is 1.36. The van der Waals surface area contributed by atoms with Gasteiger partial charge in [-0.3, -0.25) is 4.90 Å². The number of amides is 2. The van der Waals surface area contributed by atoms with Gasteiger partial charge in [0.1, 0.15) is 6.23 Å². The summed E-state index contributed by atoms with van der Waals surface area (Å²) in [6.45, 7) is 6.25. The third-order valence-electron chi connectivity index (χ3n) is 2.13. The van der Waals surface area contributed by atoms with E-state index in [-0.39, 0.29) is 12.3 Å². The van der Waals surface area contributed by atoms with E-state index in [1.165, 1.54) is 0 Å². The topological polar surface area (TPSA) is 41.6 Å². The molecule has 1 fully saturated rings. The van der Waals surface area contributed by atoms with Crippen molar-refractivity contribution in [2.24, 2.45) is 0 Å². The molecule has 0 aliphatic carbocycles. The molecule has 1 aliphatic rings. The summed E-state index contributed by atoms with van der Waals surface area (Å²) in [5.74, 6) is 0. The highest BCUT2D eigenvalue weighted by molar-refractivity contribution is 5.74. The molecular formula is C9H18N2O2. The Morgan fingerprint density at radius 3 is 3.08 bits per heavy atom. The summed E-state index contributed by atoms with van der Waals surface area (Å²) >= 11 is 0. The number of urea groups is 1. The van der Waals surface area contributed by atoms with Crippen LogP contribution in [0.1, 0.15) is 26.7 Å². The summed E-state index contributed by atoms with van der Waals surface area (Å²) in [5.41, 5.74) is 0. The lowest BCUT2D eigenvalue weighted by Crippen LogP contribution is -2.49. The zero-order valence-electron chi connectivity index (χ0n) is 8.38. The van der Waals surface area contributed by atoms with E-state index in [4.69, 9.17) is 4.74 Å². The van der Waals surface area contributed by atoms with Crippen molar-refractivity contribution in [2.75, 3.05) is 19.7 Å². The Bertz CT molecular complexity index is 173. The van der Waals surface area contributed by atoms with Crippen molar-refractivity contribution in [1.82, 2.24) is 10.2 Å². The molecule has 1 unspecified atom stereocenters. The maximum Gasteiger partial charge on any atom is 0.319 e. The normalized spacial score (nSPS) is 22.9. The van der Waals surface area contributed by atoms with E-state index in [1.54, 1.807) is 4.90 Å². The van der Waals surface area contributed by atoms with Gasteiger partial charge in [0.15, 0.2) is 0 Å². The molecule has 0 bridgehead atoms. The van der Waals surface area contributed by atoms with Crippen LogP contribution < -0.4 is 5.32 Å². The van der Waals surface area contributed by atoms with Crippen molar-refractivity contribution in [1.29, 1.82) is 0 Å². The van der Waals surface area contributed by atoms with Gasteiger partial charge >= 0.3 is 6.03 Å². The van der Waals surface area contributed by atoms with Crippen molar-refractivity contribution < 1.29 is 9.53 Å². The van der Waals surface area contributed by atoms with E-state index in [0.717, 1.165) is 32.5 Å². The number of nitrogens with one attached hydrogen (secondary N) is 1. The lowest BCUT2D eigenvalue weighted by Gasteiger charge is -2.33. The van der Waals surface area contributed by atoms with E-state index >= 15 is 0 Å². The molecule has 0 spiro atoms. The summed E-state index contributed by atoms with van der Waals surface area (Å²) in [6, 6.07) is -0.00551. The molecule has 1 heterocycles. The molecule has 4 heteroatoms. The predicted octanol–water partition coefficient (Wildman–Crippen LogP) is 1.17. The molecule has 0 aromatic rings. The minimum atomic E-state index is -0.0781. The summed E-state index contributed by atoms with van der Waals surface area (Å²) in [4.78, 5) is 13.2. The highest BCUT2D eigenvalue weighted by Gasteiger charge is 2.22. The van der Waals surface area contributed by atoms with E-state index in [1.807, 2.05) is 13.8 Å². The zero-order chi connectivity index (χ0) is 9.68. The van der Waals surface area contributed by atoms with Crippen LogP contribution in [-0.2, 0) is 4.74 Å². The SMILES string of the molecule is CCCNC(=O)N1CCCOC1C. The molecule has 0 aromatic heterocycles. The van der Waals surface area contributed by atoms with Crippen molar-refractivity contribution in [3.63, 3.8) is 0 Å². The van der Waals surface area contributed by atoms with Gasteiger partial charge in [-0.15, -0.1) is 0 Å². The molecule has 0 aromatic carbocycles. The van der Waals surface area contributed by atoms with Crippen LogP contribution in [0, 0.1) is 0 Å². The maximum atomic E-state index is 11.5. The first-order chi connectivity index (χ1) is 6.25. The molecule has 1 rings (SSSR count). The van der Waals surface area contributed by atoms with E-state index in [0.29, 0.717) is 0 Å². The quantitative estimate of drug-likeness (QED) is 0.703. The molecule has 13 heavy (non-hydrogen) atoms. The smallest absolute Gasteiger partial charge is 0.319 e. The lowest BCUT2D eigenvalue weighted by atomic mass is 10.3. The molecule has 1 N–H and O–H groups in total. The van der Waals surface area contributed by atoms with Gasteiger partial charge in [0, 0.05) is 13.1 Å². The van der Waals surface area contributed by atoms with Gasteiger partial charge in [0.05, 0.1) is 6.61 Å². The summed E-state index contributed by atoms with van der Waals surface area (Å²) in [7, 11) is 0. The van der Waals surface area contributed by atoms with Gasteiger partial charge < -0.3 is 10.1 Å². The van der Waals surface area contributed by atoms with Crippen LogP contribution in [0.2, 0.25) is 0 Å². The molecule has 1 atom stereocenters. The van der Waals surface area contributed by atoms with E-state index < -0.39 is 0 Å². The molecule has 1 saturated heterocycles. The van der Waals surface area contributed by atoms with Crippen LogP contribution in [0.25, 0.3) is 0 Å². The Labute approximate surface area is 79.2 Å². The van der Waals surface area contributed by atoms with Crippen molar-refractivity contribution in [3.8, 4) is 0 Å². The number of rotatable bonds is 2. The maximum absolute atomic E-state index is 11.5. The van der Waals surface area contributed by atoms with Crippen molar-refractivity contribution >= 4 is 6.03 Å². The fourth-order valence-corrected chi connectivity index (χ4v) is 1.36. The van der Waals surface area contributed by atoms with Gasteiger partial charge in [0.2, 0.25) is 0 Å². The molecule has 0 saturated carbocycles. The van der Waals surface area contributed by atoms with Gasteiger partial charge in [-0.05, 0) is 19.8 Å². The summed E-state index contributed by atoms with van der Waals surface area (Å²) in [5, 5.41) is 2.84. The third kappa shape index (κ3) is 2.88. The number of ether oxygens (including phenoxy) is 1. The molecule has 2 amide bonds. The summed E-state index contributed by atoms with van der Waals surface area (Å²) in [6.07, 6.45) is 1.82. The van der Waals surface area contributed by atoms with Gasteiger partial charge in [0.25, 0.3) is 0 Å². The monoisotopic (exact) mass is 186 g/mol. The number of carbonyl (C=O) groups is 1. The average molecular weight is 186 g/mol. The van der Waals surface area contributed by atoms with Crippen LogP contribution in [-0.4, -0.2) is 36.9 Å². The standard InChI is InChI=1S/C9H18N2O2/c1-3-5-10-9(12)11-6-4-7-13-8(11)2/h8H,3-7H2,1-2H3,(H,10,12). The van der Waals surface area contributed by atoms with Crippen LogP contribution in [0.3, 0.4) is 0 Å².